The minimum absolute atomic E-state index is 0.0189. The summed E-state index contributed by atoms with van der Waals surface area (Å²) in [4.78, 5) is 30.8. The van der Waals surface area contributed by atoms with Gasteiger partial charge in [0, 0.05) is 6.54 Å². The van der Waals surface area contributed by atoms with Gasteiger partial charge >= 0.3 is 5.97 Å². The first kappa shape index (κ1) is 15.9. The van der Waals surface area contributed by atoms with Crippen molar-refractivity contribution in [1.82, 2.24) is 15.3 Å². The predicted molar refractivity (Wildman–Crippen MR) is 72.4 cm³/mol. The molecule has 0 aliphatic carbocycles. The molecule has 0 aliphatic heterocycles. The van der Waals surface area contributed by atoms with E-state index in [1.54, 1.807) is 13.8 Å². The van der Waals surface area contributed by atoms with Gasteiger partial charge in [-0.1, -0.05) is 11.8 Å². The lowest BCUT2D eigenvalue weighted by Crippen LogP contribution is -2.26. The molecule has 106 valence electrons. The molecular formula is C12H14N4O3S. The summed E-state index contributed by atoms with van der Waals surface area (Å²) in [6.45, 7) is 3.54. The van der Waals surface area contributed by atoms with E-state index in [1.165, 1.54) is 0 Å². The van der Waals surface area contributed by atoms with Crippen LogP contribution < -0.4 is 5.32 Å². The quantitative estimate of drug-likeness (QED) is 0.455. The summed E-state index contributed by atoms with van der Waals surface area (Å²) in [6, 6.07) is 1.92. The van der Waals surface area contributed by atoms with Gasteiger partial charge in [0.1, 0.15) is 16.4 Å². The van der Waals surface area contributed by atoms with Crippen molar-refractivity contribution in [3.63, 3.8) is 0 Å². The van der Waals surface area contributed by atoms with Crippen LogP contribution in [0.25, 0.3) is 0 Å². The number of rotatable bonds is 6. The first-order valence-corrected chi connectivity index (χ1v) is 6.79. The van der Waals surface area contributed by atoms with Crippen LogP contribution >= 0.6 is 11.8 Å². The number of carbonyl (C=O) groups excluding carboxylic acids is 1. The highest BCUT2D eigenvalue weighted by molar-refractivity contribution is 8.00. The largest absolute Gasteiger partial charge is 0.478 e. The summed E-state index contributed by atoms with van der Waals surface area (Å²) < 4.78 is 0. The zero-order valence-corrected chi connectivity index (χ0v) is 12.0. The molecule has 1 heterocycles. The van der Waals surface area contributed by atoms with Crippen LogP contribution in [0.4, 0.5) is 0 Å². The second-order valence-corrected chi connectivity index (χ2v) is 4.85. The lowest BCUT2D eigenvalue weighted by molar-refractivity contribution is -0.118. The second-order valence-electron chi connectivity index (χ2n) is 3.89. The zero-order chi connectivity index (χ0) is 15.1. The molecule has 0 spiro atoms. The molecule has 8 heteroatoms. The number of aryl methyl sites for hydroxylation is 2. The summed E-state index contributed by atoms with van der Waals surface area (Å²) in [7, 11) is 0. The van der Waals surface area contributed by atoms with E-state index in [0.29, 0.717) is 11.5 Å². The third kappa shape index (κ3) is 4.51. The first-order chi connectivity index (χ1) is 9.45. The molecule has 1 rings (SSSR count). The van der Waals surface area contributed by atoms with Gasteiger partial charge in [-0.15, -0.1) is 0 Å². The average molecular weight is 294 g/mol. The minimum atomic E-state index is -1.12. The molecule has 0 aromatic carbocycles. The number of aromatic nitrogens is 2. The number of amides is 1. The Morgan fingerprint density at radius 2 is 2.10 bits per heavy atom. The van der Waals surface area contributed by atoms with Crippen molar-refractivity contribution < 1.29 is 14.7 Å². The molecule has 1 aromatic rings. The highest BCUT2D eigenvalue weighted by atomic mass is 32.2. The monoisotopic (exact) mass is 294 g/mol. The molecule has 0 saturated heterocycles. The van der Waals surface area contributed by atoms with Gasteiger partial charge in [-0.25, -0.2) is 14.8 Å². The van der Waals surface area contributed by atoms with Crippen molar-refractivity contribution in [2.75, 3.05) is 12.3 Å². The van der Waals surface area contributed by atoms with Crippen LogP contribution in [-0.4, -0.2) is 39.2 Å². The van der Waals surface area contributed by atoms with Crippen molar-refractivity contribution in [2.24, 2.45) is 0 Å². The van der Waals surface area contributed by atoms with Gasteiger partial charge in [0.2, 0.25) is 5.91 Å². The molecular weight excluding hydrogens is 280 g/mol. The number of hydrogen-bond donors (Lipinski definition) is 2. The van der Waals surface area contributed by atoms with E-state index in [4.69, 9.17) is 10.4 Å². The van der Waals surface area contributed by atoms with E-state index in [-0.39, 0.29) is 35.2 Å². The number of carboxylic acids is 1. The SMILES string of the molecule is Cc1nc(C)c(C(=O)O)c(SCC(=O)NCCC#N)n1. The molecule has 0 bridgehead atoms. The van der Waals surface area contributed by atoms with E-state index >= 15 is 0 Å². The summed E-state index contributed by atoms with van der Waals surface area (Å²) in [6.07, 6.45) is 0.239. The Bertz CT molecular complexity index is 569. The van der Waals surface area contributed by atoms with Gasteiger partial charge in [0.15, 0.2) is 0 Å². The Balaban J connectivity index is 2.75. The maximum Gasteiger partial charge on any atom is 0.340 e. The van der Waals surface area contributed by atoms with E-state index in [2.05, 4.69) is 15.3 Å². The number of carbonyl (C=O) groups is 2. The molecule has 2 N–H and O–H groups in total. The third-order valence-corrected chi connectivity index (χ3v) is 3.26. The number of hydrogen-bond acceptors (Lipinski definition) is 6. The maximum atomic E-state index is 11.5. The highest BCUT2D eigenvalue weighted by Gasteiger charge is 2.18. The molecule has 0 saturated carbocycles. The van der Waals surface area contributed by atoms with E-state index in [0.717, 1.165) is 11.8 Å². The van der Waals surface area contributed by atoms with Gasteiger partial charge in [-0.2, -0.15) is 5.26 Å². The maximum absolute atomic E-state index is 11.5. The molecule has 0 radical (unpaired) electrons. The molecule has 1 aromatic heterocycles. The summed E-state index contributed by atoms with van der Waals surface area (Å²) >= 11 is 1.04. The van der Waals surface area contributed by atoms with Crippen LogP contribution in [0.15, 0.2) is 5.03 Å². The Labute approximate surface area is 120 Å². The van der Waals surface area contributed by atoms with Crippen molar-refractivity contribution in [2.45, 2.75) is 25.3 Å². The summed E-state index contributed by atoms with van der Waals surface area (Å²) in [5.74, 6) is -0.882. The van der Waals surface area contributed by atoms with Crippen LogP contribution in [0.1, 0.15) is 28.3 Å². The molecule has 7 nitrogen and oxygen atoms in total. The number of thioether (sulfide) groups is 1. The number of carboxylic acid groups (broad SMARTS) is 1. The molecule has 0 unspecified atom stereocenters. The van der Waals surface area contributed by atoms with Gasteiger partial charge in [-0.3, -0.25) is 4.79 Å². The molecule has 1 amide bonds. The lowest BCUT2D eigenvalue weighted by Gasteiger charge is -2.08. The standard InChI is InChI=1S/C12H14N4O3S/c1-7-10(12(18)19)11(16-8(2)15-7)20-6-9(17)14-5-3-4-13/h3,5-6H2,1-2H3,(H,14,17)(H,18,19). The van der Waals surface area contributed by atoms with Gasteiger partial charge in [0.25, 0.3) is 0 Å². The fourth-order valence-electron chi connectivity index (χ4n) is 1.47. The average Bonchev–Trinajstić information content (AvgIpc) is 2.35. The molecule has 0 atom stereocenters. The molecule has 0 aliphatic rings. The van der Waals surface area contributed by atoms with Crippen molar-refractivity contribution >= 4 is 23.6 Å². The zero-order valence-electron chi connectivity index (χ0n) is 11.1. The number of nitriles is 1. The van der Waals surface area contributed by atoms with Crippen molar-refractivity contribution in [3.8, 4) is 6.07 Å². The van der Waals surface area contributed by atoms with Crippen LogP contribution in [-0.2, 0) is 4.79 Å². The van der Waals surface area contributed by atoms with E-state index in [9.17, 15) is 9.59 Å². The van der Waals surface area contributed by atoms with Gasteiger partial charge in [-0.05, 0) is 13.8 Å². The van der Waals surface area contributed by atoms with Gasteiger partial charge < -0.3 is 10.4 Å². The Kier molecular flexibility index (Phi) is 5.93. The number of nitrogens with one attached hydrogen (secondary N) is 1. The molecule has 0 fully saturated rings. The second kappa shape index (κ2) is 7.45. The predicted octanol–water partition coefficient (Wildman–Crippen LogP) is 0.914. The first-order valence-electron chi connectivity index (χ1n) is 5.80. The Hall–Kier alpha value is -2.14. The summed E-state index contributed by atoms with van der Waals surface area (Å²) in [5, 5.41) is 20.3. The van der Waals surface area contributed by atoms with Crippen LogP contribution in [0.5, 0.6) is 0 Å². The lowest BCUT2D eigenvalue weighted by atomic mass is 10.2. The Morgan fingerprint density at radius 1 is 1.40 bits per heavy atom. The summed E-state index contributed by atoms with van der Waals surface area (Å²) in [5.41, 5.74) is 0.391. The van der Waals surface area contributed by atoms with Crippen molar-refractivity contribution in [3.05, 3.63) is 17.1 Å². The van der Waals surface area contributed by atoms with Crippen molar-refractivity contribution in [1.29, 1.82) is 5.26 Å². The topological polar surface area (TPSA) is 116 Å². The fraction of sp³-hybridized carbons (Fsp3) is 0.417. The number of nitrogens with zero attached hydrogens (tertiary/aromatic N) is 3. The van der Waals surface area contributed by atoms with Crippen LogP contribution in [0, 0.1) is 25.2 Å². The molecule has 20 heavy (non-hydrogen) atoms. The third-order valence-electron chi connectivity index (χ3n) is 2.28. The Morgan fingerprint density at radius 3 is 2.70 bits per heavy atom. The number of aromatic carboxylic acids is 1. The minimum Gasteiger partial charge on any atom is -0.478 e. The van der Waals surface area contributed by atoms with Gasteiger partial charge in [0.05, 0.1) is 23.9 Å². The highest BCUT2D eigenvalue weighted by Crippen LogP contribution is 2.22. The van der Waals surface area contributed by atoms with E-state index in [1.807, 2.05) is 6.07 Å². The van der Waals surface area contributed by atoms with Crippen LogP contribution in [0.2, 0.25) is 0 Å². The van der Waals surface area contributed by atoms with E-state index < -0.39 is 5.97 Å². The smallest absolute Gasteiger partial charge is 0.340 e. The fourth-order valence-corrected chi connectivity index (χ4v) is 2.42. The van der Waals surface area contributed by atoms with Crippen LogP contribution in [0.3, 0.4) is 0 Å². The normalized spacial score (nSPS) is 9.85.